The summed E-state index contributed by atoms with van der Waals surface area (Å²) in [5.74, 6) is 1.35. The molecule has 0 bridgehead atoms. The summed E-state index contributed by atoms with van der Waals surface area (Å²) < 4.78 is 0. The highest BCUT2D eigenvalue weighted by atomic mass is 32.2. The predicted octanol–water partition coefficient (Wildman–Crippen LogP) is 10.9. The number of rotatable bonds is 3. The first kappa shape index (κ1) is 25.5. The Morgan fingerprint density at radius 1 is 0.341 bits per heavy atom. The number of nitrogens with zero attached hydrogens (tertiary/aromatic N) is 3. The van der Waals surface area contributed by atoms with Gasteiger partial charge in [0.1, 0.15) is 6.33 Å². The Morgan fingerprint density at radius 3 is 1.55 bits per heavy atom. The SMILES string of the molecule is c1ccc(-c2ccc3c4ccc(-c5ncnc(-c6ccc7c(c6)Sc6ccccc6S7)n5)cc4c4ccccc4c3c2)cc1. The standard InChI is InChI=1S/C39H23N3S2/c1-2-8-24(9-3-1)25-14-17-30-31-18-15-26(21-33(31)29-11-5-4-10-28(29)32(30)20-25)38-40-23-41-39(42-38)27-16-19-36-37(22-27)44-35-13-7-6-12-34(35)43-36/h1-23H. The average molecular weight is 598 g/mol. The third kappa shape index (κ3) is 4.28. The van der Waals surface area contributed by atoms with Crippen molar-refractivity contribution < 1.29 is 0 Å². The molecule has 0 spiro atoms. The van der Waals surface area contributed by atoms with Crippen molar-refractivity contribution in [3.05, 3.63) is 140 Å². The fourth-order valence-electron chi connectivity index (χ4n) is 6.15. The maximum Gasteiger partial charge on any atom is 0.163 e. The van der Waals surface area contributed by atoms with Crippen LogP contribution in [0.5, 0.6) is 0 Å². The van der Waals surface area contributed by atoms with E-state index in [0.29, 0.717) is 11.6 Å². The molecule has 8 aromatic rings. The van der Waals surface area contributed by atoms with Crippen molar-refractivity contribution in [3.63, 3.8) is 0 Å². The van der Waals surface area contributed by atoms with E-state index in [1.165, 1.54) is 63.0 Å². The van der Waals surface area contributed by atoms with Gasteiger partial charge < -0.3 is 0 Å². The van der Waals surface area contributed by atoms with Gasteiger partial charge in [0.2, 0.25) is 0 Å². The van der Waals surface area contributed by atoms with E-state index < -0.39 is 0 Å². The highest BCUT2D eigenvalue weighted by Gasteiger charge is 2.18. The minimum absolute atomic E-state index is 0.672. The molecule has 0 amide bonds. The van der Waals surface area contributed by atoms with E-state index >= 15 is 0 Å². The molecule has 1 aromatic heterocycles. The largest absolute Gasteiger partial charge is 0.217 e. The Labute approximate surface area is 263 Å². The molecular weight excluding hydrogens is 575 g/mol. The van der Waals surface area contributed by atoms with Crippen LogP contribution in [0, 0.1) is 0 Å². The second kappa shape index (κ2) is 10.3. The third-order valence-corrected chi connectivity index (χ3v) is 10.8. The minimum atomic E-state index is 0.672. The van der Waals surface area contributed by atoms with Crippen molar-refractivity contribution in [2.75, 3.05) is 0 Å². The number of aromatic nitrogens is 3. The molecule has 0 saturated carbocycles. The molecule has 0 N–H and O–H groups in total. The fraction of sp³-hybridized carbons (Fsp3) is 0. The van der Waals surface area contributed by atoms with Crippen molar-refractivity contribution in [1.82, 2.24) is 15.0 Å². The van der Waals surface area contributed by atoms with E-state index in [1.807, 2.05) is 11.8 Å². The molecule has 0 aliphatic carbocycles. The summed E-state index contributed by atoms with van der Waals surface area (Å²) in [6.45, 7) is 0. The first-order chi connectivity index (χ1) is 21.8. The van der Waals surface area contributed by atoms with Gasteiger partial charge in [0.25, 0.3) is 0 Å². The van der Waals surface area contributed by atoms with E-state index in [2.05, 4.69) is 143 Å². The van der Waals surface area contributed by atoms with Crippen molar-refractivity contribution in [3.8, 4) is 33.9 Å². The zero-order chi connectivity index (χ0) is 29.0. The van der Waals surface area contributed by atoms with Crippen LogP contribution in [0.1, 0.15) is 0 Å². The molecule has 9 rings (SSSR count). The van der Waals surface area contributed by atoms with Crippen LogP contribution in [-0.4, -0.2) is 15.0 Å². The quantitative estimate of drug-likeness (QED) is 0.189. The lowest BCUT2D eigenvalue weighted by Gasteiger charge is -2.18. The number of fused-ring (bicyclic) bond motifs is 8. The Kier molecular flexibility index (Phi) is 6.00. The summed E-state index contributed by atoms with van der Waals surface area (Å²) >= 11 is 3.62. The molecule has 3 nitrogen and oxygen atoms in total. The molecule has 1 aliphatic rings. The molecule has 44 heavy (non-hydrogen) atoms. The summed E-state index contributed by atoms with van der Waals surface area (Å²) in [5.41, 5.74) is 4.41. The zero-order valence-corrected chi connectivity index (χ0v) is 25.1. The molecule has 7 aromatic carbocycles. The smallest absolute Gasteiger partial charge is 0.163 e. The van der Waals surface area contributed by atoms with Gasteiger partial charge in [-0.25, -0.2) is 15.0 Å². The van der Waals surface area contributed by atoms with E-state index in [0.717, 1.165) is 11.1 Å². The van der Waals surface area contributed by atoms with Crippen LogP contribution in [0.3, 0.4) is 0 Å². The number of benzene rings is 7. The molecule has 2 heterocycles. The summed E-state index contributed by atoms with van der Waals surface area (Å²) in [5, 5.41) is 7.39. The first-order valence-electron chi connectivity index (χ1n) is 14.5. The first-order valence-corrected chi connectivity index (χ1v) is 16.1. The lowest BCUT2D eigenvalue weighted by atomic mass is 9.91. The second-order valence-electron chi connectivity index (χ2n) is 10.9. The van der Waals surface area contributed by atoms with Crippen LogP contribution in [0.4, 0.5) is 0 Å². The highest BCUT2D eigenvalue weighted by Crippen LogP contribution is 2.49. The van der Waals surface area contributed by atoms with Crippen LogP contribution in [0.2, 0.25) is 0 Å². The average Bonchev–Trinajstić information content (AvgIpc) is 3.10. The Morgan fingerprint density at radius 2 is 0.841 bits per heavy atom. The van der Waals surface area contributed by atoms with E-state index in [-0.39, 0.29) is 0 Å². The normalized spacial score (nSPS) is 12.4. The second-order valence-corrected chi connectivity index (χ2v) is 13.0. The molecule has 1 aliphatic heterocycles. The molecule has 0 saturated heterocycles. The Bertz CT molecular complexity index is 2380. The van der Waals surface area contributed by atoms with Crippen LogP contribution >= 0.6 is 23.5 Å². The molecule has 0 atom stereocenters. The van der Waals surface area contributed by atoms with Crippen molar-refractivity contribution in [1.29, 1.82) is 0 Å². The van der Waals surface area contributed by atoms with Gasteiger partial charge >= 0.3 is 0 Å². The van der Waals surface area contributed by atoms with Gasteiger partial charge in [-0.3, -0.25) is 0 Å². The van der Waals surface area contributed by atoms with Gasteiger partial charge in [-0.1, -0.05) is 115 Å². The summed E-state index contributed by atoms with van der Waals surface area (Å²) in [6, 6.07) is 47.7. The van der Waals surface area contributed by atoms with Crippen LogP contribution in [0.25, 0.3) is 66.2 Å². The van der Waals surface area contributed by atoms with Gasteiger partial charge in [0.05, 0.1) is 0 Å². The number of hydrogen-bond acceptors (Lipinski definition) is 5. The van der Waals surface area contributed by atoms with Crippen molar-refractivity contribution in [2.24, 2.45) is 0 Å². The minimum Gasteiger partial charge on any atom is -0.217 e. The number of hydrogen-bond donors (Lipinski definition) is 0. The van der Waals surface area contributed by atoms with Crippen molar-refractivity contribution in [2.45, 2.75) is 19.6 Å². The summed E-state index contributed by atoms with van der Waals surface area (Å²) in [6.07, 6.45) is 1.63. The molecule has 0 unspecified atom stereocenters. The molecule has 0 radical (unpaired) electrons. The molecule has 206 valence electrons. The van der Waals surface area contributed by atoms with E-state index in [1.54, 1.807) is 18.1 Å². The Hall–Kier alpha value is -4.97. The molecule has 5 heteroatoms. The summed E-state index contributed by atoms with van der Waals surface area (Å²) in [7, 11) is 0. The molecule has 0 fully saturated rings. The van der Waals surface area contributed by atoms with E-state index in [4.69, 9.17) is 4.98 Å². The van der Waals surface area contributed by atoms with E-state index in [9.17, 15) is 0 Å². The maximum absolute atomic E-state index is 4.96. The van der Waals surface area contributed by atoms with Gasteiger partial charge in [-0.05, 0) is 85.9 Å². The van der Waals surface area contributed by atoms with Gasteiger partial charge in [-0.2, -0.15) is 0 Å². The Balaban J connectivity index is 1.14. The lowest BCUT2D eigenvalue weighted by Crippen LogP contribution is -1.96. The highest BCUT2D eigenvalue weighted by molar-refractivity contribution is 8.05. The zero-order valence-electron chi connectivity index (χ0n) is 23.4. The van der Waals surface area contributed by atoms with Crippen LogP contribution in [-0.2, 0) is 0 Å². The third-order valence-electron chi connectivity index (χ3n) is 8.26. The van der Waals surface area contributed by atoms with Crippen LogP contribution < -0.4 is 0 Å². The van der Waals surface area contributed by atoms with Crippen LogP contribution in [0.15, 0.2) is 159 Å². The van der Waals surface area contributed by atoms with Gasteiger partial charge in [0, 0.05) is 30.7 Å². The fourth-order valence-corrected chi connectivity index (χ4v) is 8.40. The van der Waals surface area contributed by atoms with Gasteiger partial charge in [-0.15, -0.1) is 0 Å². The topological polar surface area (TPSA) is 38.7 Å². The summed E-state index contributed by atoms with van der Waals surface area (Å²) in [4.78, 5) is 19.2. The monoisotopic (exact) mass is 597 g/mol. The van der Waals surface area contributed by atoms with Crippen molar-refractivity contribution >= 4 is 55.8 Å². The predicted molar refractivity (Wildman–Crippen MR) is 183 cm³/mol. The lowest BCUT2D eigenvalue weighted by molar-refractivity contribution is 1.06. The van der Waals surface area contributed by atoms with Gasteiger partial charge in [0.15, 0.2) is 11.6 Å². The molecular formula is C39H23N3S2. The maximum atomic E-state index is 4.96.